The fraction of sp³-hybridized carbons (Fsp3) is 0.800. The second kappa shape index (κ2) is 5.75. The van der Waals surface area contributed by atoms with Gasteiger partial charge in [-0.2, -0.15) is 4.98 Å². The summed E-state index contributed by atoms with van der Waals surface area (Å²) in [6.07, 6.45) is 7.03. The summed E-state index contributed by atoms with van der Waals surface area (Å²) in [6, 6.07) is 0. The molecule has 1 amide bonds. The number of hydrogen-bond donors (Lipinski definition) is 2. The van der Waals surface area contributed by atoms with Crippen molar-refractivity contribution in [2.75, 3.05) is 6.54 Å². The summed E-state index contributed by atoms with van der Waals surface area (Å²) in [7, 11) is 0. The summed E-state index contributed by atoms with van der Waals surface area (Å²) in [6.45, 7) is 2.37. The van der Waals surface area contributed by atoms with Gasteiger partial charge in [-0.3, -0.25) is 4.79 Å². The van der Waals surface area contributed by atoms with Gasteiger partial charge in [0.25, 0.3) is 0 Å². The Balaban J connectivity index is 1.78. The first kappa shape index (κ1) is 14.5. The molecule has 2 atom stereocenters. The summed E-state index contributed by atoms with van der Waals surface area (Å²) >= 11 is 0. The van der Waals surface area contributed by atoms with Crippen LogP contribution in [0.15, 0.2) is 4.52 Å². The molecule has 116 valence electrons. The first-order valence-electron chi connectivity index (χ1n) is 7.97. The fourth-order valence-corrected chi connectivity index (χ4v) is 3.87. The van der Waals surface area contributed by atoms with E-state index in [0.717, 1.165) is 44.9 Å². The van der Waals surface area contributed by atoms with Gasteiger partial charge in [0.2, 0.25) is 11.8 Å². The first-order chi connectivity index (χ1) is 10.1. The van der Waals surface area contributed by atoms with Gasteiger partial charge < -0.3 is 15.6 Å². The SMILES string of the molecule is Cc1nc(C2(NC(=O)[C@@H]3CCC[C@@H]3CN)CCCC2)no1. The van der Waals surface area contributed by atoms with Crippen LogP contribution < -0.4 is 11.1 Å². The fourth-order valence-electron chi connectivity index (χ4n) is 3.87. The van der Waals surface area contributed by atoms with Crippen LogP contribution in [0.25, 0.3) is 0 Å². The average molecular weight is 292 g/mol. The molecule has 0 aromatic carbocycles. The molecule has 1 aromatic rings. The molecule has 0 unspecified atom stereocenters. The highest BCUT2D eigenvalue weighted by Crippen LogP contribution is 2.39. The van der Waals surface area contributed by atoms with Gasteiger partial charge in [0.05, 0.1) is 0 Å². The largest absolute Gasteiger partial charge is 0.343 e. The van der Waals surface area contributed by atoms with Crippen LogP contribution in [0.2, 0.25) is 0 Å². The maximum Gasteiger partial charge on any atom is 0.224 e. The van der Waals surface area contributed by atoms with E-state index in [2.05, 4.69) is 15.5 Å². The third-order valence-electron chi connectivity index (χ3n) is 5.07. The molecular weight excluding hydrogens is 268 g/mol. The molecule has 21 heavy (non-hydrogen) atoms. The molecular formula is C15H24N4O2. The topological polar surface area (TPSA) is 94.0 Å². The molecule has 0 spiro atoms. The van der Waals surface area contributed by atoms with E-state index in [-0.39, 0.29) is 11.8 Å². The number of amides is 1. The van der Waals surface area contributed by atoms with E-state index in [4.69, 9.17) is 10.3 Å². The molecule has 2 saturated carbocycles. The van der Waals surface area contributed by atoms with Gasteiger partial charge in [-0.25, -0.2) is 0 Å². The third-order valence-corrected chi connectivity index (χ3v) is 5.07. The zero-order valence-electron chi connectivity index (χ0n) is 12.6. The molecule has 6 nitrogen and oxygen atoms in total. The van der Waals surface area contributed by atoms with E-state index in [1.165, 1.54) is 0 Å². The van der Waals surface area contributed by atoms with E-state index in [1.54, 1.807) is 6.92 Å². The molecule has 2 aliphatic carbocycles. The second-order valence-electron chi connectivity index (χ2n) is 6.45. The molecule has 0 bridgehead atoms. The van der Waals surface area contributed by atoms with Crippen LogP contribution in [-0.2, 0) is 10.3 Å². The van der Waals surface area contributed by atoms with Crippen molar-refractivity contribution < 1.29 is 9.32 Å². The molecule has 6 heteroatoms. The maximum absolute atomic E-state index is 12.7. The van der Waals surface area contributed by atoms with Gasteiger partial charge in [0.1, 0.15) is 5.54 Å². The number of carbonyl (C=O) groups excluding carboxylic acids is 1. The lowest BCUT2D eigenvalue weighted by atomic mass is 9.91. The number of carbonyl (C=O) groups is 1. The summed E-state index contributed by atoms with van der Waals surface area (Å²) in [5.74, 6) is 1.66. The minimum absolute atomic E-state index is 0.0421. The van der Waals surface area contributed by atoms with E-state index in [9.17, 15) is 4.79 Å². The van der Waals surface area contributed by atoms with Crippen molar-refractivity contribution in [3.05, 3.63) is 11.7 Å². The Kier molecular flexibility index (Phi) is 3.97. The molecule has 0 saturated heterocycles. The van der Waals surface area contributed by atoms with Gasteiger partial charge in [-0.1, -0.05) is 24.4 Å². The number of aromatic nitrogens is 2. The Labute approximate surface area is 124 Å². The van der Waals surface area contributed by atoms with E-state index in [1.807, 2.05) is 0 Å². The van der Waals surface area contributed by atoms with Gasteiger partial charge >= 0.3 is 0 Å². The predicted molar refractivity (Wildman–Crippen MR) is 77.2 cm³/mol. The Morgan fingerprint density at radius 1 is 1.38 bits per heavy atom. The van der Waals surface area contributed by atoms with Crippen molar-refractivity contribution in [3.8, 4) is 0 Å². The summed E-state index contributed by atoms with van der Waals surface area (Å²) in [5, 5.41) is 7.31. The number of aryl methyl sites for hydroxylation is 1. The normalized spacial score (nSPS) is 27.9. The predicted octanol–water partition coefficient (Wildman–Crippen LogP) is 1.64. The van der Waals surface area contributed by atoms with Crippen LogP contribution in [0, 0.1) is 18.8 Å². The number of hydrogen-bond acceptors (Lipinski definition) is 5. The first-order valence-corrected chi connectivity index (χ1v) is 7.97. The van der Waals surface area contributed by atoms with Crippen molar-refractivity contribution in [2.45, 2.75) is 57.4 Å². The lowest BCUT2D eigenvalue weighted by Gasteiger charge is -2.29. The Hall–Kier alpha value is -1.43. The Bertz CT molecular complexity index is 508. The highest BCUT2D eigenvalue weighted by atomic mass is 16.5. The summed E-state index contributed by atoms with van der Waals surface area (Å²) in [5.41, 5.74) is 5.36. The van der Waals surface area contributed by atoms with Crippen LogP contribution in [0.3, 0.4) is 0 Å². The van der Waals surface area contributed by atoms with Crippen LogP contribution in [0.1, 0.15) is 56.7 Å². The molecule has 2 fully saturated rings. The number of nitrogens with one attached hydrogen (secondary N) is 1. The second-order valence-corrected chi connectivity index (χ2v) is 6.45. The third kappa shape index (κ3) is 2.69. The quantitative estimate of drug-likeness (QED) is 0.879. The van der Waals surface area contributed by atoms with Gasteiger partial charge in [-0.05, 0) is 38.1 Å². The molecule has 0 aliphatic heterocycles. The number of nitrogens with zero attached hydrogens (tertiary/aromatic N) is 2. The van der Waals surface area contributed by atoms with Crippen molar-refractivity contribution >= 4 is 5.91 Å². The number of nitrogens with two attached hydrogens (primary N) is 1. The van der Waals surface area contributed by atoms with Crippen molar-refractivity contribution in [3.63, 3.8) is 0 Å². The van der Waals surface area contributed by atoms with E-state index in [0.29, 0.717) is 24.2 Å². The minimum atomic E-state index is -0.434. The summed E-state index contributed by atoms with van der Waals surface area (Å²) < 4.78 is 5.12. The van der Waals surface area contributed by atoms with Crippen LogP contribution in [-0.4, -0.2) is 22.6 Å². The summed E-state index contributed by atoms with van der Waals surface area (Å²) in [4.78, 5) is 17.1. The lowest BCUT2D eigenvalue weighted by Crippen LogP contribution is -2.48. The molecule has 3 rings (SSSR count). The monoisotopic (exact) mass is 292 g/mol. The number of rotatable bonds is 4. The average Bonchev–Trinajstić information content (AvgIpc) is 3.17. The molecule has 1 aromatic heterocycles. The minimum Gasteiger partial charge on any atom is -0.343 e. The van der Waals surface area contributed by atoms with Crippen molar-refractivity contribution in [2.24, 2.45) is 17.6 Å². The highest BCUT2D eigenvalue weighted by Gasteiger charge is 2.43. The maximum atomic E-state index is 12.7. The van der Waals surface area contributed by atoms with Crippen LogP contribution >= 0.6 is 0 Å². The molecule has 0 radical (unpaired) electrons. The smallest absolute Gasteiger partial charge is 0.224 e. The van der Waals surface area contributed by atoms with Gasteiger partial charge in [-0.15, -0.1) is 0 Å². The van der Waals surface area contributed by atoms with Crippen molar-refractivity contribution in [1.29, 1.82) is 0 Å². The molecule has 3 N–H and O–H groups in total. The standard InChI is InChI=1S/C15H24N4O2/c1-10-17-14(19-21-10)15(7-2-3-8-15)18-13(20)12-6-4-5-11(12)9-16/h11-12H,2-9,16H2,1H3,(H,18,20)/t11-,12-/m1/s1. The zero-order chi connectivity index (χ0) is 14.9. The molecule has 1 heterocycles. The highest BCUT2D eigenvalue weighted by molar-refractivity contribution is 5.80. The van der Waals surface area contributed by atoms with Gasteiger partial charge in [0.15, 0.2) is 5.82 Å². The van der Waals surface area contributed by atoms with Crippen LogP contribution in [0.4, 0.5) is 0 Å². The van der Waals surface area contributed by atoms with E-state index >= 15 is 0 Å². The Morgan fingerprint density at radius 3 is 2.76 bits per heavy atom. The van der Waals surface area contributed by atoms with Crippen molar-refractivity contribution in [1.82, 2.24) is 15.5 Å². The van der Waals surface area contributed by atoms with Gasteiger partial charge in [0, 0.05) is 12.8 Å². The molecule has 2 aliphatic rings. The van der Waals surface area contributed by atoms with E-state index < -0.39 is 5.54 Å². The Morgan fingerprint density at radius 2 is 2.14 bits per heavy atom. The zero-order valence-corrected chi connectivity index (χ0v) is 12.6. The van der Waals surface area contributed by atoms with Crippen LogP contribution in [0.5, 0.6) is 0 Å². The lowest BCUT2D eigenvalue weighted by molar-refractivity contribution is -0.128.